The molecule has 2 aromatic rings. The lowest BCUT2D eigenvalue weighted by Gasteiger charge is -2.09. The molecule has 0 amide bonds. The molecule has 0 saturated heterocycles. The van der Waals surface area contributed by atoms with E-state index in [0.717, 1.165) is 48.0 Å². The summed E-state index contributed by atoms with van der Waals surface area (Å²) in [4.78, 5) is 18.9. The molecule has 1 atom stereocenters. The summed E-state index contributed by atoms with van der Waals surface area (Å²) < 4.78 is 0. The van der Waals surface area contributed by atoms with Crippen LogP contribution in [0.1, 0.15) is 30.4 Å². The number of aryl methyl sites for hydroxylation is 2. The van der Waals surface area contributed by atoms with Crippen LogP contribution < -0.4 is 11.1 Å². The first-order chi connectivity index (χ1) is 11.1. The Kier molecular flexibility index (Phi) is 6.99. The first-order valence-corrected chi connectivity index (χ1v) is 8.91. The molecule has 0 radical (unpaired) electrons. The molecule has 0 bridgehead atoms. The van der Waals surface area contributed by atoms with Gasteiger partial charge in [0, 0.05) is 35.6 Å². The van der Waals surface area contributed by atoms with E-state index in [4.69, 9.17) is 5.73 Å². The van der Waals surface area contributed by atoms with Gasteiger partial charge in [0.05, 0.1) is 24.4 Å². The monoisotopic (exact) mass is 335 g/mol. The Labute approximate surface area is 141 Å². The quantitative estimate of drug-likeness (QED) is 0.316. The van der Waals surface area contributed by atoms with Crippen LogP contribution >= 0.6 is 11.8 Å². The van der Waals surface area contributed by atoms with Crippen molar-refractivity contribution in [2.75, 3.05) is 12.3 Å². The van der Waals surface area contributed by atoms with Gasteiger partial charge in [0.2, 0.25) is 0 Å². The van der Waals surface area contributed by atoms with Crippen LogP contribution in [0, 0.1) is 6.92 Å². The Hall–Kier alpha value is -1.96. The Morgan fingerprint density at radius 2 is 2.30 bits per heavy atom. The molecule has 0 aliphatic rings. The highest BCUT2D eigenvalue weighted by Gasteiger charge is 2.05. The van der Waals surface area contributed by atoms with E-state index in [0.29, 0.717) is 5.96 Å². The molecular formula is C15H25N7S. The largest absolute Gasteiger partial charge is 0.370 e. The predicted octanol–water partition coefficient (Wildman–Crippen LogP) is 1.60. The molecule has 0 aliphatic heterocycles. The van der Waals surface area contributed by atoms with Crippen LogP contribution in [0.3, 0.4) is 0 Å². The van der Waals surface area contributed by atoms with Gasteiger partial charge in [-0.2, -0.15) is 11.8 Å². The van der Waals surface area contributed by atoms with E-state index >= 15 is 0 Å². The van der Waals surface area contributed by atoms with Crippen molar-refractivity contribution < 1.29 is 0 Å². The minimum absolute atomic E-state index is 0.180. The standard InChI is InChI=1S/C15H25N7S/c1-11(7-23-8-14-12(2)19-10-21-14)22-15(16)18-5-3-4-13-6-17-9-20-13/h6,9-11H,3-5,7-8H2,1-2H3,(H,17,20)(H,19,21)(H3,16,18,22)/t11-/m0/s1. The van der Waals surface area contributed by atoms with E-state index in [-0.39, 0.29) is 6.04 Å². The smallest absolute Gasteiger partial charge is 0.188 e. The van der Waals surface area contributed by atoms with E-state index in [1.165, 1.54) is 0 Å². The molecule has 0 unspecified atom stereocenters. The van der Waals surface area contributed by atoms with Crippen molar-refractivity contribution in [3.63, 3.8) is 0 Å². The predicted molar refractivity (Wildman–Crippen MR) is 95.5 cm³/mol. The third kappa shape index (κ3) is 6.35. The fraction of sp³-hybridized carbons (Fsp3) is 0.533. The molecule has 7 nitrogen and oxygen atoms in total. The molecular weight excluding hydrogens is 310 g/mol. The number of aromatic amines is 2. The van der Waals surface area contributed by atoms with E-state index in [1.807, 2.05) is 24.9 Å². The first kappa shape index (κ1) is 17.4. The number of rotatable bonds is 9. The van der Waals surface area contributed by atoms with Gasteiger partial charge in [-0.05, 0) is 26.7 Å². The van der Waals surface area contributed by atoms with Gasteiger partial charge >= 0.3 is 0 Å². The minimum Gasteiger partial charge on any atom is -0.370 e. The van der Waals surface area contributed by atoms with Gasteiger partial charge in [-0.25, -0.2) is 15.0 Å². The zero-order valence-electron chi connectivity index (χ0n) is 13.7. The molecule has 2 rings (SSSR count). The number of nitrogens with two attached hydrogens (primary N) is 1. The molecule has 23 heavy (non-hydrogen) atoms. The van der Waals surface area contributed by atoms with Gasteiger partial charge in [0.1, 0.15) is 0 Å². The molecule has 0 aromatic carbocycles. The maximum atomic E-state index is 5.92. The topological polar surface area (TPSA) is 108 Å². The maximum Gasteiger partial charge on any atom is 0.188 e. The van der Waals surface area contributed by atoms with E-state index < -0.39 is 0 Å². The number of nitrogens with zero attached hydrogens (tertiary/aromatic N) is 3. The molecule has 2 heterocycles. The second kappa shape index (κ2) is 9.24. The van der Waals surface area contributed by atoms with Crippen LogP contribution in [-0.4, -0.2) is 44.2 Å². The maximum absolute atomic E-state index is 5.92. The molecule has 0 aliphatic carbocycles. The summed E-state index contributed by atoms with van der Waals surface area (Å²) in [5.74, 6) is 2.33. The van der Waals surface area contributed by atoms with Crippen molar-refractivity contribution in [1.29, 1.82) is 0 Å². The number of nitrogens with one attached hydrogen (secondary N) is 3. The lowest BCUT2D eigenvalue weighted by Crippen LogP contribution is -2.34. The zero-order valence-corrected chi connectivity index (χ0v) is 14.5. The third-order valence-corrected chi connectivity index (χ3v) is 4.57. The number of thioether (sulfide) groups is 1. The third-order valence-electron chi connectivity index (χ3n) is 3.38. The van der Waals surface area contributed by atoms with E-state index in [2.05, 4.69) is 37.2 Å². The van der Waals surface area contributed by atoms with Gasteiger partial charge < -0.3 is 21.0 Å². The van der Waals surface area contributed by atoms with E-state index in [1.54, 1.807) is 12.7 Å². The SMILES string of the molecule is Cc1[nH]cnc1CSC[C@H](C)N=C(N)NCCCc1cnc[nH]1. The van der Waals surface area contributed by atoms with Crippen LogP contribution in [0.25, 0.3) is 0 Å². The van der Waals surface area contributed by atoms with Crippen molar-refractivity contribution >= 4 is 17.7 Å². The second-order valence-electron chi connectivity index (χ2n) is 5.46. The van der Waals surface area contributed by atoms with Gasteiger partial charge in [-0.3, -0.25) is 0 Å². The number of guanidine groups is 1. The normalized spacial score (nSPS) is 13.2. The summed E-state index contributed by atoms with van der Waals surface area (Å²) in [7, 11) is 0. The summed E-state index contributed by atoms with van der Waals surface area (Å²) in [6.45, 7) is 4.92. The van der Waals surface area contributed by atoms with Crippen molar-refractivity contribution in [3.8, 4) is 0 Å². The number of aromatic nitrogens is 4. The summed E-state index contributed by atoms with van der Waals surface area (Å²) in [6.07, 6.45) is 7.22. The number of H-pyrrole nitrogens is 2. The lowest BCUT2D eigenvalue weighted by atomic mass is 10.2. The highest BCUT2D eigenvalue weighted by Crippen LogP contribution is 2.14. The average molecular weight is 335 g/mol. The number of hydrogen-bond donors (Lipinski definition) is 4. The molecule has 5 N–H and O–H groups in total. The number of hydrogen-bond acceptors (Lipinski definition) is 4. The molecule has 0 spiro atoms. The minimum atomic E-state index is 0.180. The van der Waals surface area contributed by atoms with Gasteiger partial charge in [-0.1, -0.05) is 0 Å². The first-order valence-electron chi connectivity index (χ1n) is 7.76. The Morgan fingerprint density at radius 3 is 3.00 bits per heavy atom. The molecule has 8 heteroatoms. The lowest BCUT2D eigenvalue weighted by molar-refractivity contribution is 0.746. The van der Waals surface area contributed by atoms with Crippen LogP contribution in [0.2, 0.25) is 0 Å². The number of imidazole rings is 2. The Bertz CT molecular complexity index is 591. The van der Waals surface area contributed by atoms with Crippen LogP contribution in [0.5, 0.6) is 0 Å². The van der Waals surface area contributed by atoms with Crippen molar-refractivity contribution in [3.05, 3.63) is 35.9 Å². The van der Waals surface area contributed by atoms with Crippen LogP contribution in [-0.2, 0) is 12.2 Å². The summed E-state index contributed by atoms with van der Waals surface area (Å²) >= 11 is 1.82. The second-order valence-corrected chi connectivity index (χ2v) is 6.49. The van der Waals surface area contributed by atoms with E-state index in [9.17, 15) is 0 Å². The highest BCUT2D eigenvalue weighted by atomic mass is 32.2. The van der Waals surface area contributed by atoms with Gasteiger partial charge in [0.25, 0.3) is 0 Å². The van der Waals surface area contributed by atoms with Gasteiger partial charge in [0.15, 0.2) is 5.96 Å². The van der Waals surface area contributed by atoms with Gasteiger partial charge in [-0.15, -0.1) is 0 Å². The molecule has 0 saturated carbocycles. The van der Waals surface area contributed by atoms with Crippen molar-refractivity contribution in [1.82, 2.24) is 25.3 Å². The average Bonchev–Trinajstić information content (AvgIpc) is 3.16. The zero-order chi connectivity index (χ0) is 16.5. The van der Waals surface area contributed by atoms with Crippen LogP contribution in [0.4, 0.5) is 0 Å². The Morgan fingerprint density at radius 1 is 1.43 bits per heavy atom. The van der Waals surface area contributed by atoms with Crippen LogP contribution in [0.15, 0.2) is 23.8 Å². The molecule has 126 valence electrons. The summed E-state index contributed by atoms with van der Waals surface area (Å²) in [5, 5.41) is 3.16. The Balaban J connectivity index is 1.59. The summed E-state index contributed by atoms with van der Waals surface area (Å²) in [6, 6.07) is 0.180. The molecule has 0 fully saturated rings. The summed E-state index contributed by atoms with van der Waals surface area (Å²) in [5.41, 5.74) is 9.30. The van der Waals surface area contributed by atoms with Crippen molar-refractivity contribution in [2.24, 2.45) is 10.7 Å². The fourth-order valence-corrected chi connectivity index (χ4v) is 3.11. The number of aliphatic imine (C=N–C) groups is 1. The highest BCUT2D eigenvalue weighted by molar-refractivity contribution is 7.98. The molecule has 2 aromatic heterocycles. The van der Waals surface area contributed by atoms with Crippen molar-refractivity contribution in [2.45, 2.75) is 38.5 Å². The fourth-order valence-electron chi connectivity index (χ4n) is 2.10.